The third-order valence-electron chi connectivity index (χ3n) is 5.61. The van der Waals surface area contributed by atoms with E-state index in [1.807, 2.05) is 38.1 Å². The maximum atomic E-state index is 13.3. The number of carbonyl (C=O) groups excluding carboxylic acids is 3. The second kappa shape index (κ2) is 10.7. The fourth-order valence-corrected chi connectivity index (χ4v) is 4.06. The lowest BCUT2D eigenvalue weighted by atomic mass is 10.0. The maximum Gasteiger partial charge on any atom is 0.335 e. The first kappa shape index (κ1) is 25.0. The predicted molar refractivity (Wildman–Crippen MR) is 138 cm³/mol. The molecule has 1 fully saturated rings. The SMILES string of the molecule is CCOc1cc(/C=C2\C(=O)NC(=O)N(c3ccc(C)cc3C)C2=O)ccc1OCc1ccccc1Cl. The van der Waals surface area contributed by atoms with Gasteiger partial charge in [0.15, 0.2) is 11.5 Å². The van der Waals surface area contributed by atoms with Crippen LogP contribution in [0.25, 0.3) is 6.08 Å². The summed E-state index contributed by atoms with van der Waals surface area (Å²) < 4.78 is 11.7. The number of halogens is 1. The summed E-state index contributed by atoms with van der Waals surface area (Å²) >= 11 is 6.22. The second-order valence-electron chi connectivity index (χ2n) is 8.27. The van der Waals surface area contributed by atoms with Crippen LogP contribution in [0.4, 0.5) is 10.5 Å². The summed E-state index contributed by atoms with van der Waals surface area (Å²) in [5, 5.41) is 2.85. The molecule has 4 amide bonds. The van der Waals surface area contributed by atoms with Crippen molar-refractivity contribution in [1.29, 1.82) is 0 Å². The molecular formula is C28H25ClN2O5. The molecule has 0 spiro atoms. The Balaban J connectivity index is 1.63. The largest absolute Gasteiger partial charge is 0.490 e. The van der Waals surface area contributed by atoms with E-state index in [1.165, 1.54) is 6.08 Å². The van der Waals surface area contributed by atoms with Crippen LogP contribution in [0.15, 0.2) is 66.2 Å². The lowest BCUT2D eigenvalue weighted by molar-refractivity contribution is -0.122. The molecule has 0 bridgehead atoms. The summed E-state index contributed by atoms with van der Waals surface area (Å²) in [6.07, 6.45) is 1.43. The first-order valence-corrected chi connectivity index (χ1v) is 11.8. The van der Waals surface area contributed by atoms with Crippen LogP contribution in [0.2, 0.25) is 5.02 Å². The van der Waals surface area contributed by atoms with Crippen LogP contribution in [0.5, 0.6) is 11.5 Å². The highest BCUT2D eigenvalue weighted by Gasteiger charge is 2.37. The number of barbiturate groups is 1. The number of benzene rings is 3. The number of nitrogens with zero attached hydrogens (tertiary/aromatic N) is 1. The molecule has 0 aromatic heterocycles. The maximum absolute atomic E-state index is 13.3. The van der Waals surface area contributed by atoms with Gasteiger partial charge in [0, 0.05) is 10.6 Å². The Labute approximate surface area is 214 Å². The van der Waals surface area contributed by atoms with Crippen molar-refractivity contribution >= 4 is 41.2 Å². The van der Waals surface area contributed by atoms with E-state index < -0.39 is 17.8 Å². The number of aryl methyl sites for hydroxylation is 2. The number of ether oxygens (including phenoxy) is 2. The molecule has 8 heteroatoms. The van der Waals surface area contributed by atoms with Crippen LogP contribution in [0.3, 0.4) is 0 Å². The van der Waals surface area contributed by atoms with Crippen molar-refractivity contribution in [3.63, 3.8) is 0 Å². The standard InChI is InChI=1S/C28H25ClN2O5/c1-4-35-25-15-19(10-12-24(25)36-16-20-7-5-6-8-22(20)29)14-21-26(32)30-28(34)31(27(21)33)23-11-9-17(2)13-18(23)3/h5-15H,4,16H2,1-3H3,(H,30,32,34)/b21-14+. The van der Waals surface area contributed by atoms with Crippen LogP contribution < -0.4 is 19.7 Å². The molecule has 1 N–H and O–H groups in total. The van der Waals surface area contributed by atoms with Gasteiger partial charge in [-0.1, -0.05) is 53.6 Å². The number of carbonyl (C=O) groups is 3. The predicted octanol–water partition coefficient (Wildman–Crippen LogP) is 5.60. The summed E-state index contributed by atoms with van der Waals surface area (Å²) in [5.41, 5.74) is 3.35. The Morgan fingerprint density at radius 2 is 1.72 bits per heavy atom. The van der Waals surface area contributed by atoms with E-state index in [-0.39, 0.29) is 12.2 Å². The van der Waals surface area contributed by atoms with Gasteiger partial charge in [0.2, 0.25) is 0 Å². The van der Waals surface area contributed by atoms with Crippen LogP contribution >= 0.6 is 11.6 Å². The van der Waals surface area contributed by atoms with Crippen LogP contribution in [0, 0.1) is 13.8 Å². The number of amides is 4. The molecule has 4 rings (SSSR count). The van der Waals surface area contributed by atoms with Gasteiger partial charge in [-0.2, -0.15) is 0 Å². The first-order valence-electron chi connectivity index (χ1n) is 11.4. The number of imide groups is 2. The van der Waals surface area contributed by atoms with Gasteiger partial charge in [-0.05, 0) is 62.2 Å². The van der Waals surface area contributed by atoms with Crippen molar-refractivity contribution in [2.75, 3.05) is 11.5 Å². The van der Waals surface area contributed by atoms with Crippen molar-refractivity contribution in [2.24, 2.45) is 0 Å². The molecule has 0 saturated carbocycles. The quantitative estimate of drug-likeness (QED) is 0.334. The highest BCUT2D eigenvalue weighted by molar-refractivity contribution is 6.39. The van der Waals surface area contributed by atoms with E-state index in [9.17, 15) is 14.4 Å². The van der Waals surface area contributed by atoms with Crippen LogP contribution in [-0.4, -0.2) is 24.5 Å². The van der Waals surface area contributed by atoms with E-state index in [0.717, 1.165) is 21.6 Å². The molecule has 184 valence electrons. The Morgan fingerprint density at radius 3 is 2.44 bits per heavy atom. The number of rotatable bonds is 7. The van der Waals surface area contributed by atoms with Crippen molar-refractivity contribution in [3.8, 4) is 11.5 Å². The third kappa shape index (κ3) is 5.26. The Bertz CT molecular complexity index is 1380. The fourth-order valence-electron chi connectivity index (χ4n) is 3.87. The molecule has 1 aliphatic heterocycles. The minimum Gasteiger partial charge on any atom is -0.490 e. The Kier molecular flexibility index (Phi) is 7.41. The van der Waals surface area contributed by atoms with Gasteiger partial charge in [-0.15, -0.1) is 0 Å². The number of hydrogen-bond acceptors (Lipinski definition) is 5. The summed E-state index contributed by atoms with van der Waals surface area (Å²) in [6.45, 7) is 6.19. The normalized spacial score (nSPS) is 14.7. The zero-order valence-corrected chi connectivity index (χ0v) is 20.9. The van der Waals surface area contributed by atoms with Crippen molar-refractivity contribution in [3.05, 3.63) is 93.5 Å². The minimum atomic E-state index is -0.785. The number of hydrogen-bond donors (Lipinski definition) is 1. The van der Waals surface area contributed by atoms with Crippen molar-refractivity contribution < 1.29 is 23.9 Å². The van der Waals surface area contributed by atoms with Gasteiger partial charge in [-0.25, -0.2) is 9.69 Å². The molecule has 0 radical (unpaired) electrons. The lowest BCUT2D eigenvalue weighted by Crippen LogP contribution is -2.54. The van der Waals surface area contributed by atoms with Crippen molar-refractivity contribution in [2.45, 2.75) is 27.4 Å². The first-order chi connectivity index (χ1) is 17.3. The van der Waals surface area contributed by atoms with Gasteiger partial charge >= 0.3 is 6.03 Å². The van der Waals surface area contributed by atoms with Gasteiger partial charge in [-0.3, -0.25) is 14.9 Å². The Morgan fingerprint density at radius 1 is 0.944 bits per heavy atom. The molecule has 0 aliphatic carbocycles. The molecule has 36 heavy (non-hydrogen) atoms. The van der Waals surface area contributed by atoms with Crippen LogP contribution in [-0.2, 0) is 16.2 Å². The molecule has 3 aromatic carbocycles. The topological polar surface area (TPSA) is 84.9 Å². The van der Waals surface area contributed by atoms with E-state index >= 15 is 0 Å². The number of anilines is 1. The van der Waals surface area contributed by atoms with Crippen LogP contribution in [0.1, 0.15) is 29.2 Å². The number of urea groups is 1. The third-order valence-corrected chi connectivity index (χ3v) is 5.98. The van der Waals surface area contributed by atoms with E-state index in [1.54, 1.807) is 43.3 Å². The van der Waals surface area contributed by atoms with Gasteiger partial charge in [0.05, 0.1) is 12.3 Å². The van der Waals surface area contributed by atoms with E-state index in [2.05, 4.69) is 5.32 Å². The monoisotopic (exact) mass is 504 g/mol. The molecule has 1 saturated heterocycles. The molecule has 1 aliphatic rings. The van der Waals surface area contributed by atoms with Gasteiger partial charge in [0.25, 0.3) is 11.8 Å². The van der Waals surface area contributed by atoms with E-state index in [4.69, 9.17) is 21.1 Å². The smallest absolute Gasteiger partial charge is 0.335 e. The molecule has 3 aromatic rings. The van der Waals surface area contributed by atoms with Gasteiger partial charge in [0.1, 0.15) is 12.2 Å². The summed E-state index contributed by atoms with van der Waals surface area (Å²) in [4.78, 5) is 39.4. The molecule has 0 atom stereocenters. The summed E-state index contributed by atoms with van der Waals surface area (Å²) in [6, 6.07) is 17.0. The highest BCUT2D eigenvalue weighted by Crippen LogP contribution is 2.32. The van der Waals surface area contributed by atoms with Gasteiger partial charge < -0.3 is 9.47 Å². The molecule has 0 unspecified atom stereocenters. The highest BCUT2D eigenvalue weighted by atomic mass is 35.5. The molecule has 7 nitrogen and oxygen atoms in total. The average molecular weight is 505 g/mol. The average Bonchev–Trinajstić information content (AvgIpc) is 2.83. The number of nitrogens with one attached hydrogen (secondary N) is 1. The molecular weight excluding hydrogens is 480 g/mol. The van der Waals surface area contributed by atoms with Crippen molar-refractivity contribution in [1.82, 2.24) is 5.32 Å². The lowest BCUT2D eigenvalue weighted by Gasteiger charge is -2.27. The van der Waals surface area contributed by atoms with E-state index in [0.29, 0.717) is 34.4 Å². The zero-order valence-electron chi connectivity index (χ0n) is 20.1. The zero-order chi connectivity index (χ0) is 25.8. The minimum absolute atomic E-state index is 0.165. The molecule has 1 heterocycles. The second-order valence-corrected chi connectivity index (χ2v) is 8.67. The fraction of sp³-hybridized carbons (Fsp3) is 0.179. The summed E-state index contributed by atoms with van der Waals surface area (Å²) in [5.74, 6) is -0.522. The summed E-state index contributed by atoms with van der Waals surface area (Å²) in [7, 11) is 0. The Hall–Kier alpha value is -4.10.